The zero-order valence-corrected chi connectivity index (χ0v) is 18.8. The Balaban J connectivity index is 1.64. The molecule has 6 heteroatoms. The summed E-state index contributed by atoms with van der Waals surface area (Å²) < 4.78 is 13.0. The highest BCUT2D eigenvalue weighted by Gasteiger charge is 2.65. The highest BCUT2D eigenvalue weighted by Crippen LogP contribution is 2.63. The highest BCUT2D eigenvalue weighted by molar-refractivity contribution is 5.68. The van der Waals surface area contributed by atoms with Crippen LogP contribution in [-0.2, 0) is 27.8 Å². The van der Waals surface area contributed by atoms with Gasteiger partial charge in [-0.05, 0) is 62.9 Å². The average Bonchev–Trinajstić information content (AvgIpc) is 3.07. The molecular weight excluding hydrogens is 394 g/mol. The topological polar surface area (TPSA) is 79.2 Å². The minimum absolute atomic E-state index is 0.0595. The maximum atomic E-state index is 11.3. The molecular formula is C25H33NO5. The number of piperidine rings is 1. The summed E-state index contributed by atoms with van der Waals surface area (Å²) in [7, 11) is 2.18. The molecule has 2 aliphatic heterocycles. The van der Waals surface area contributed by atoms with Crippen LogP contribution in [0.5, 0.6) is 11.5 Å². The van der Waals surface area contributed by atoms with Gasteiger partial charge in [0, 0.05) is 29.4 Å². The van der Waals surface area contributed by atoms with Crippen molar-refractivity contribution in [1.29, 1.82) is 0 Å². The summed E-state index contributed by atoms with van der Waals surface area (Å²) in [5, 5.41) is 20.2. The van der Waals surface area contributed by atoms with Gasteiger partial charge in [0.05, 0.1) is 6.10 Å². The third-order valence-corrected chi connectivity index (χ3v) is 8.27. The molecule has 6 nitrogen and oxygen atoms in total. The van der Waals surface area contributed by atoms with Crippen LogP contribution in [0.25, 0.3) is 0 Å². The molecule has 2 N–H and O–H groups in total. The van der Waals surface area contributed by atoms with Gasteiger partial charge in [0.25, 0.3) is 0 Å². The first-order valence-corrected chi connectivity index (χ1v) is 11.5. The molecule has 31 heavy (non-hydrogen) atoms. The zero-order chi connectivity index (χ0) is 22.1. The van der Waals surface area contributed by atoms with Gasteiger partial charge in [-0.2, -0.15) is 0 Å². The maximum Gasteiger partial charge on any atom is 0.303 e. The second-order valence-electron chi connectivity index (χ2n) is 10.2. The average molecular weight is 428 g/mol. The van der Waals surface area contributed by atoms with Gasteiger partial charge in [0.15, 0.2) is 11.5 Å². The molecule has 2 heterocycles. The predicted molar refractivity (Wildman–Crippen MR) is 117 cm³/mol. The first-order chi connectivity index (χ1) is 14.7. The van der Waals surface area contributed by atoms with Crippen LogP contribution in [-0.4, -0.2) is 59.0 Å². The second kappa shape index (κ2) is 7.24. The number of rotatable bonds is 6. The third-order valence-electron chi connectivity index (χ3n) is 8.27. The van der Waals surface area contributed by atoms with Gasteiger partial charge in [-0.3, -0.25) is 4.79 Å². The summed E-state index contributed by atoms with van der Waals surface area (Å²) in [4.78, 5) is 13.7. The number of likely N-dealkylation sites (tertiary alicyclic amines) is 1. The number of phenolic OH excluding ortho intramolecular Hbond substituents is 1. The Labute approximate surface area is 183 Å². The Morgan fingerprint density at radius 2 is 2.13 bits per heavy atom. The smallest absolute Gasteiger partial charge is 0.303 e. The van der Waals surface area contributed by atoms with Crippen molar-refractivity contribution in [1.82, 2.24) is 4.90 Å². The molecule has 0 saturated carbocycles. The molecule has 1 spiro atoms. The van der Waals surface area contributed by atoms with E-state index >= 15 is 0 Å². The molecule has 6 atom stereocenters. The highest BCUT2D eigenvalue weighted by atomic mass is 16.6. The monoisotopic (exact) mass is 427 g/mol. The number of phenols is 1. The summed E-state index contributed by atoms with van der Waals surface area (Å²) >= 11 is 0. The Morgan fingerprint density at radius 1 is 1.35 bits per heavy atom. The van der Waals surface area contributed by atoms with E-state index in [2.05, 4.69) is 44.9 Å². The van der Waals surface area contributed by atoms with E-state index < -0.39 is 5.97 Å². The lowest BCUT2D eigenvalue weighted by Gasteiger charge is -2.57. The molecule has 2 unspecified atom stereocenters. The number of nitrogens with zero attached hydrogens (tertiary/aromatic N) is 1. The molecule has 1 aromatic rings. The number of carboxylic acids is 1. The fourth-order valence-electron chi connectivity index (χ4n) is 6.37. The van der Waals surface area contributed by atoms with Crippen LogP contribution >= 0.6 is 0 Å². The quantitative estimate of drug-likeness (QED) is 0.679. The van der Waals surface area contributed by atoms with Crippen LogP contribution in [0.4, 0.5) is 0 Å². The van der Waals surface area contributed by atoms with Crippen molar-refractivity contribution in [2.45, 2.75) is 76.2 Å². The van der Waals surface area contributed by atoms with Crippen molar-refractivity contribution in [3.8, 4) is 11.5 Å². The number of aliphatic carboxylic acids is 1. The molecule has 2 bridgehead atoms. The van der Waals surface area contributed by atoms with E-state index in [0.717, 1.165) is 30.5 Å². The minimum atomic E-state index is -0.817. The fraction of sp³-hybridized carbons (Fsp3) is 0.640. The summed E-state index contributed by atoms with van der Waals surface area (Å²) in [6, 6.07) is 2.08. The number of ether oxygens (including phenoxy) is 2. The van der Waals surface area contributed by atoms with Crippen molar-refractivity contribution in [2.24, 2.45) is 11.8 Å². The van der Waals surface area contributed by atoms with Crippen molar-refractivity contribution in [3.63, 3.8) is 0 Å². The Bertz CT molecular complexity index is 940. The van der Waals surface area contributed by atoms with Crippen molar-refractivity contribution < 1.29 is 24.5 Å². The first-order valence-electron chi connectivity index (χ1n) is 11.5. The number of benzene rings is 1. The number of carboxylic acid groups (broad SMARTS) is 1. The second-order valence-corrected chi connectivity index (χ2v) is 10.2. The van der Waals surface area contributed by atoms with Crippen LogP contribution in [0.2, 0.25) is 0 Å². The molecule has 1 fully saturated rings. The van der Waals surface area contributed by atoms with Crippen LogP contribution in [0.15, 0.2) is 18.2 Å². The number of aromatic hydroxyl groups is 1. The van der Waals surface area contributed by atoms with Gasteiger partial charge < -0.3 is 24.6 Å². The molecule has 168 valence electrons. The SMILES string of the molecule is CC(C)C(C)O[C@H]1C=CC2[C@H]3Cc4c(CCC(=O)O)cc(O)c5c4[C@@]2(CCN3C)[C@H]1O5. The molecule has 4 aliphatic rings. The van der Waals surface area contributed by atoms with Gasteiger partial charge >= 0.3 is 5.97 Å². The van der Waals surface area contributed by atoms with Gasteiger partial charge in [-0.25, -0.2) is 0 Å². The van der Waals surface area contributed by atoms with E-state index in [0.29, 0.717) is 30.0 Å². The van der Waals surface area contributed by atoms with Gasteiger partial charge in [0.1, 0.15) is 12.2 Å². The molecule has 2 aliphatic carbocycles. The summed E-state index contributed by atoms with van der Waals surface area (Å²) in [6.45, 7) is 7.40. The van der Waals surface area contributed by atoms with Gasteiger partial charge in [0.2, 0.25) is 0 Å². The summed E-state index contributed by atoms with van der Waals surface area (Å²) in [5.74, 6) is 0.613. The number of likely N-dealkylation sites (N-methyl/N-ethyl adjacent to an activating group) is 1. The van der Waals surface area contributed by atoms with Crippen LogP contribution < -0.4 is 4.74 Å². The van der Waals surface area contributed by atoms with Crippen LogP contribution in [0.1, 0.15) is 50.3 Å². The predicted octanol–water partition coefficient (Wildman–Crippen LogP) is 3.28. The fourth-order valence-corrected chi connectivity index (χ4v) is 6.37. The zero-order valence-electron chi connectivity index (χ0n) is 18.8. The molecule has 0 aromatic heterocycles. The van der Waals surface area contributed by atoms with Crippen molar-refractivity contribution >= 4 is 5.97 Å². The normalized spacial score (nSPS) is 33.8. The van der Waals surface area contributed by atoms with Gasteiger partial charge in [-0.1, -0.05) is 26.0 Å². The number of hydrogen-bond acceptors (Lipinski definition) is 5. The first kappa shape index (κ1) is 20.8. The van der Waals surface area contributed by atoms with E-state index in [1.165, 1.54) is 5.56 Å². The lowest BCUT2D eigenvalue weighted by Crippen LogP contribution is -2.65. The lowest BCUT2D eigenvalue weighted by molar-refractivity contribution is -0.136. The summed E-state index contributed by atoms with van der Waals surface area (Å²) in [6.07, 6.45) is 6.55. The summed E-state index contributed by atoms with van der Waals surface area (Å²) in [5.41, 5.74) is 3.04. The van der Waals surface area contributed by atoms with E-state index in [1.807, 2.05) is 0 Å². The molecule has 0 amide bonds. The number of carbonyl (C=O) groups is 1. The van der Waals surface area contributed by atoms with Crippen LogP contribution in [0.3, 0.4) is 0 Å². The number of aryl methyl sites for hydroxylation is 1. The van der Waals surface area contributed by atoms with E-state index in [-0.39, 0.29) is 35.9 Å². The number of hydrogen-bond donors (Lipinski definition) is 2. The van der Waals surface area contributed by atoms with Gasteiger partial charge in [-0.15, -0.1) is 0 Å². The minimum Gasteiger partial charge on any atom is -0.504 e. The van der Waals surface area contributed by atoms with E-state index in [9.17, 15) is 15.0 Å². The Morgan fingerprint density at radius 3 is 2.84 bits per heavy atom. The molecule has 5 rings (SSSR count). The van der Waals surface area contributed by atoms with Crippen molar-refractivity contribution in [3.05, 3.63) is 34.9 Å². The van der Waals surface area contributed by atoms with Crippen LogP contribution in [0, 0.1) is 11.8 Å². The Kier molecular flexibility index (Phi) is 4.87. The van der Waals surface area contributed by atoms with Crippen molar-refractivity contribution in [2.75, 3.05) is 13.6 Å². The molecule has 0 radical (unpaired) electrons. The Hall–Kier alpha value is -2.05. The van der Waals surface area contributed by atoms with E-state index in [1.54, 1.807) is 6.07 Å². The lowest BCUT2D eigenvalue weighted by atomic mass is 9.53. The molecule has 1 aromatic carbocycles. The molecule has 1 saturated heterocycles. The third kappa shape index (κ3) is 2.94. The van der Waals surface area contributed by atoms with E-state index in [4.69, 9.17) is 9.47 Å². The largest absolute Gasteiger partial charge is 0.504 e. The standard InChI is InChI=1S/C25H33NO5/c1-13(2)14(3)30-20-7-6-17-18-12-16-15(5-8-21(28)29)11-19(27)23-22(16)25(17,24(20)31-23)9-10-26(18)4/h6-7,11,13-14,17-18,20,24,27H,5,8-10,12H2,1-4H3,(H,28,29)/t14?,17?,18-,20+,24+,25+/m1/s1. The maximum absolute atomic E-state index is 11.3.